The van der Waals surface area contributed by atoms with Gasteiger partial charge in [-0.1, -0.05) is 6.07 Å². The van der Waals surface area contributed by atoms with E-state index in [0.717, 1.165) is 24.1 Å². The molecular formula is C12H14FN3. The van der Waals surface area contributed by atoms with Crippen LogP contribution in [0.5, 0.6) is 0 Å². The van der Waals surface area contributed by atoms with Gasteiger partial charge in [0.2, 0.25) is 0 Å². The summed E-state index contributed by atoms with van der Waals surface area (Å²) in [6, 6.07) is 4.85. The molecule has 16 heavy (non-hydrogen) atoms. The number of benzene rings is 1. The van der Waals surface area contributed by atoms with Crippen molar-refractivity contribution in [3.63, 3.8) is 0 Å². The number of aryl methyl sites for hydroxylation is 3. The zero-order chi connectivity index (χ0) is 11.5. The summed E-state index contributed by atoms with van der Waals surface area (Å²) >= 11 is 0. The summed E-state index contributed by atoms with van der Waals surface area (Å²) < 4.78 is 14.8. The molecule has 84 valence electrons. The van der Waals surface area contributed by atoms with Crippen LogP contribution in [0.1, 0.15) is 11.1 Å². The maximum Gasteiger partial charge on any atom is 0.200 e. The molecule has 0 saturated carbocycles. The van der Waals surface area contributed by atoms with Gasteiger partial charge in [0.1, 0.15) is 5.82 Å². The SMILES string of the molecule is Cc1cc(F)ccc1CCn1ccnc1N. The molecule has 2 N–H and O–H groups in total. The van der Waals surface area contributed by atoms with Gasteiger partial charge in [-0.25, -0.2) is 9.37 Å². The lowest BCUT2D eigenvalue weighted by Crippen LogP contribution is -2.05. The molecule has 1 aromatic carbocycles. The molecule has 0 unspecified atom stereocenters. The summed E-state index contributed by atoms with van der Waals surface area (Å²) in [5.74, 6) is 0.322. The van der Waals surface area contributed by atoms with E-state index in [4.69, 9.17) is 5.73 Å². The van der Waals surface area contributed by atoms with E-state index in [1.54, 1.807) is 12.3 Å². The summed E-state index contributed by atoms with van der Waals surface area (Å²) in [6.07, 6.45) is 4.34. The van der Waals surface area contributed by atoms with Crippen molar-refractivity contribution in [2.75, 3.05) is 5.73 Å². The van der Waals surface area contributed by atoms with E-state index in [-0.39, 0.29) is 5.82 Å². The first kappa shape index (κ1) is 10.7. The van der Waals surface area contributed by atoms with Gasteiger partial charge in [-0.05, 0) is 36.6 Å². The fourth-order valence-electron chi connectivity index (χ4n) is 1.71. The number of aromatic nitrogens is 2. The topological polar surface area (TPSA) is 43.8 Å². The molecule has 0 fully saturated rings. The van der Waals surface area contributed by atoms with E-state index >= 15 is 0 Å². The minimum Gasteiger partial charge on any atom is -0.369 e. The van der Waals surface area contributed by atoms with Gasteiger partial charge in [0, 0.05) is 18.9 Å². The summed E-state index contributed by atoms with van der Waals surface area (Å²) in [4.78, 5) is 3.95. The van der Waals surface area contributed by atoms with E-state index in [1.807, 2.05) is 23.8 Å². The first-order chi connectivity index (χ1) is 7.66. The Bertz CT molecular complexity index is 491. The lowest BCUT2D eigenvalue weighted by molar-refractivity contribution is 0.624. The maximum atomic E-state index is 12.9. The van der Waals surface area contributed by atoms with Crippen molar-refractivity contribution in [1.29, 1.82) is 0 Å². The quantitative estimate of drug-likeness (QED) is 0.859. The molecule has 0 amide bonds. The summed E-state index contributed by atoms with van der Waals surface area (Å²) in [7, 11) is 0. The first-order valence-corrected chi connectivity index (χ1v) is 5.18. The largest absolute Gasteiger partial charge is 0.369 e. The van der Waals surface area contributed by atoms with Crippen LogP contribution >= 0.6 is 0 Å². The van der Waals surface area contributed by atoms with Crippen LogP contribution in [0.15, 0.2) is 30.6 Å². The molecule has 0 radical (unpaired) electrons. The normalized spacial score (nSPS) is 10.6. The third kappa shape index (κ3) is 2.21. The lowest BCUT2D eigenvalue weighted by atomic mass is 10.1. The van der Waals surface area contributed by atoms with E-state index < -0.39 is 0 Å². The Kier molecular flexibility index (Phi) is 2.90. The summed E-state index contributed by atoms with van der Waals surface area (Å²) in [6.45, 7) is 2.67. The summed E-state index contributed by atoms with van der Waals surface area (Å²) in [5.41, 5.74) is 7.76. The van der Waals surface area contributed by atoms with Crippen LogP contribution in [-0.2, 0) is 13.0 Å². The first-order valence-electron chi connectivity index (χ1n) is 5.18. The van der Waals surface area contributed by atoms with Gasteiger partial charge < -0.3 is 10.3 Å². The number of rotatable bonds is 3. The van der Waals surface area contributed by atoms with Gasteiger partial charge in [0.15, 0.2) is 5.95 Å². The predicted octanol–water partition coefficient (Wildman–Crippen LogP) is 2.16. The second-order valence-electron chi connectivity index (χ2n) is 3.80. The van der Waals surface area contributed by atoms with Crippen LogP contribution in [0.4, 0.5) is 10.3 Å². The molecule has 0 saturated heterocycles. The Morgan fingerprint density at radius 1 is 1.44 bits per heavy atom. The molecular weight excluding hydrogens is 205 g/mol. The number of nitrogens with two attached hydrogens (primary N) is 1. The van der Waals surface area contributed by atoms with Crippen molar-refractivity contribution < 1.29 is 4.39 Å². The van der Waals surface area contributed by atoms with Crippen molar-refractivity contribution in [3.8, 4) is 0 Å². The van der Waals surface area contributed by atoms with Crippen molar-refractivity contribution in [3.05, 3.63) is 47.5 Å². The third-order valence-corrected chi connectivity index (χ3v) is 2.67. The highest BCUT2D eigenvalue weighted by Gasteiger charge is 2.02. The molecule has 0 bridgehead atoms. The van der Waals surface area contributed by atoms with Crippen LogP contribution in [0, 0.1) is 12.7 Å². The Hall–Kier alpha value is -1.84. The van der Waals surface area contributed by atoms with Crippen LogP contribution < -0.4 is 5.73 Å². The van der Waals surface area contributed by atoms with Gasteiger partial charge in [-0.3, -0.25) is 0 Å². The standard InChI is InChI=1S/C12H14FN3/c1-9-8-11(13)3-2-10(9)4-6-16-7-5-15-12(16)14/h2-3,5,7-8H,4,6H2,1H3,(H2,14,15). The summed E-state index contributed by atoms with van der Waals surface area (Å²) in [5, 5.41) is 0. The van der Waals surface area contributed by atoms with Crippen molar-refractivity contribution in [1.82, 2.24) is 9.55 Å². The number of nitrogens with zero attached hydrogens (tertiary/aromatic N) is 2. The molecule has 1 heterocycles. The molecule has 1 aromatic heterocycles. The predicted molar refractivity (Wildman–Crippen MR) is 61.5 cm³/mol. The van der Waals surface area contributed by atoms with E-state index in [1.165, 1.54) is 6.07 Å². The average Bonchev–Trinajstić information content (AvgIpc) is 2.63. The second-order valence-corrected chi connectivity index (χ2v) is 3.80. The molecule has 2 rings (SSSR count). The zero-order valence-electron chi connectivity index (χ0n) is 9.15. The Morgan fingerprint density at radius 2 is 2.25 bits per heavy atom. The fourth-order valence-corrected chi connectivity index (χ4v) is 1.71. The number of hydrogen-bond donors (Lipinski definition) is 1. The Labute approximate surface area is 93.7 Å². The minimum atomic E-state index is -0.191. The van der Waals surface area contributed by atoms with Gasteiger partial charge in [-0.15, -0.1) is 0 Å². The van der Waals surface area contributed by atoms with Gasteiger partial charge >= 0.3 is 0 Å². The minimum absolute atomic E-state index is 0.191. The number of imidazole rings is 1. The van der Waals surface area contributed by atoms with Crippen LogP contribution in [-0.4, -0.2) is 9.55 Å². The third-order valence-electron chi connectivity index (χ3n) is 2.67. The van der Waals surface area contributed by atoms with Crippen molar-refractivity contribution in [2.45, 2.75) is 19.9 Å². The molecule has 0 aliphatic heterocycles. The van der Waals surface area contributed by atoms with Crippen molar-refractivity contribution in [2.24, 2.45) is 0 Å². The molecule has 2 aromatic rings. The zero-order valence-corrected chi connectivity index (χ0v) is 9.15. The Balaban J connectivity index is 2.08. The Morgan fingerprint density at radius 3 is 2.88 bits per heavy atom. The highest BCUT2D eigenvalue weighted by molar-refractivity contribution is 5.27. The fraction of sp³-hybridized carbons (Fsp3) is 0.250. The molecule has 0 spiro atoms. The van der Waals surface area contributed by atoms with Crippen LogP contribution in [0.25, 0.3) is 0 Å². The van der Waals surface area contributed by atoms with E-state index in [2.05, 4.69) is 4.98 Å². The van der Waals surface area contributed by atoms with Gasteiger partial charge in [0.05, 0.1) is 0 Å². The molecule has 0 aliphatic rings. The maximum absolute atomic E-state index is 12.9. The number of nitrogen functional groups attached to an aromatic ring is 1. The van der Waals surface area contributed by atoms with Crippen LogP contribution in [0.3, 0.4) is 0 Å². The molecule has 0 aliphatic carbocycles. The molecule has 4 heteroatoms. The number of hydrogen-bond acceptors (Lipinski definition) is 2. The van der Waals surface area contributed by atoms with E-state index in [0.29, 0.717) is 5.95 Å². The smallest absolute Gasteiger partial charge is 0.200 e. The lowest BCUT2D eigenvalue weighted by Gasteiger charge is -2.07. The molecule has 0 atom stereocenters. The second kappa shape index (κ2) is 4.35. The van der Waals surface area contributed by atoms with Gasteiger partial charge in [0.25, 0.3) is 0 Å². The highest BCUT2D eigenvalue weighted by atomic mass is 19.1. The average molecular weight is 219 g/mol. The number of halogens is 1. The van der Waals surface area contributed by atoms with Crippen LogP contribution in [0.2, 0.25) is 0 Å². The molecule has 3 nitrogen and oxygen atoms in total. The highest BCUT2D eigenvalue weighted by Crippen LogP contribution is 2.12. The van der Waals surface area contributed by atoms with Crippen molar-refractivity contribution >= 4 is 5.95 Å². The number of anilines is 1. The monoisotopic (exact) mass is 219 g/mol. The van der Waals surface area contributed by atoms with E-state index in [9.17, 15) is 4.39 Å². The van der Waals surface area contributed by atoms with Gasteiger partial charge in [-0.2, -0.15) is 0 Å².